The molecule has 2 fully saturated rings. The molecule has 1 unspecified atom stereocenters. The molecule has 1 aromatic rings. The lowest BCUT2D eigenvalue weighted by molar-refractivity contribution is 0.239. The van der Waals surface area contributed by atoms with E-state index < -0.39 is 0 Å². The third kappa shape index (κ3) is 4.08. The number of hydrogen-bond donors (Lipinski definition) is 4. The van der Waals surface area contributed by atoms with E-state index >= 15 is 0 Å². The maximum Gasteiger partial charge on any atom is 0.315 e. The Balaban J connectivity index is 1.44. The monoisotopic (exact) mass is 304 g/mol. The van der Waals surface area contributed by atoms with Crippen molar-refractivity contribution >= 4 is 11.8 Å². The van der Waals surface area contributed by atoms with Gasteiger partial charge in [-0.05, 0) is 37.0 Å². The summed E-state index contributed by atoms with van der Waals surface area (Å²) in [4.78, 5) is 18.5. The number of nitrogens with one attached hydrogen (secondary N) is 4. The highest BCUT2D eigenvalue weighted by atomic mass is 16.2. The van der Waals surface area contributed by atoms with Gasteiger partial charge in [-0.1, -0.05) is 0 Å². The molecule has 7 nitrogen and oxygen atoms in total. The summed E-state index contributed by atoms with van der Waals surface area (Å²) in [6.07, 6.45) is 5.31. The Bertz CT molecular complexity index is 497. The Hall–Kier alpha value is -1.86. The number of anilines is 1. The van der Waals surface area contributed by atoms with Gasteiger partial charge in [-0.25, -0.2) is 9.78 Å². The lowest BCUT2D eigenvalue weighted by Crippen LogP contribution is -2.43. The van der Waals surface area contributed by atoms with Crippen LogP contribution in [-0.4, -0.2) is 43.2 Å². The Morgan fingerprint density at radius 2 is 2.23 bits per heavy atom. The summed E-state index contributed by atoms with van der Waals surface area (Å²) >= 11 is 0. The number of hydrazine groups is 1. The predicted molar refractivity (Wildman–Crippen MR) is 85.5 cm³/mol. The first-order valence-electron chi connectivity index (χ1n) is 8.01. The van der Waals surface area contributed by atoms with E-state index in [0.717, 1.165) is 37.4 Å². The topological polar surface area (TPSA) is 81.3 Å². The molecular formula is C15H24N6O. The SMILES string of the molecule is O=C(NCc1ccnc(N2CCCC2)c1)NCC1CCNN1. The van der Waals surface area contributed by atoms with Gasteiger partial charge in [0.2, 0.25) is 0 Å². The molecule has 2 aliphatic rings. The second kappa shape index (κ2) is 7.42. The van der Waals surface area contributed by atoms with Crippen molar-refractivity contribution < 1.29 is 4.79 Å². The zero-order chi connectivity index (χ0) is 15.2. The number of hydrogen-bond acceptors (Lipinski definition) is 5. The Morgan fingerprint density at radius 3 is 3.00 bits per heavy atom. The zero-order valence-electron chi connectivity index (χ0n) is 12.8. The van der Waals surface area contributed by atoms with Crippen LogP contribution in [0.2, 0.25) is 0 Å². The number of carbonyl (C=O) groups is 1. The summed E-state index contributed by atoms with van der Waals surface area (Å²) in [6.45, 7) is 4.25. The van der Waals surface area contributed by atoms with E-state index in [-0.39, 0.29) is 6.03 Å². The molecule has 3 heterocycles. The van der Waals surface area contributed by atoms with Crippen molar-refractivity contribution in [3.8, 4) is 0 Å². The van der Waals surface area contributed by atoms with Gasteiger partial charge in [0.15, 0.2) is 0 Å². The second-order valence-electron chi connectivity index (χ2n) is 5.84. The normalized spacial score (nSPS) is 21.1. The Labute approximate surface area is 130 Å². The fraction of sp³-hybridized carbons (Fsp3) is 0.600. The molecule has 1 aromatic heterocycles. The van der Waals surface area contributed by atoms with Crippen molar-refractivity contribution in [1.29, 1.82) is 0 Å². The van der Waals surface area contributed by atoms with E-state index in [1.807, 2.05) is 12.3 Å². The highest BCUT2D eigenvalue weighted by Gasteiger charge is 2.15. The molecule has 7 heteroatoms. The molecule has 0 bridgehead atoms. The van der Waals surface area contributed by atoms with Crippen LogP contribution in [-0.2, 0) is 6.54 Å². The smallest absolute Gasteiger partial charge is 0.315 e. The van der Waals surface area contributed by atoms with Gasteiger partial charge in [0.1, 0.15) is 5.82 Å². The molecule has 120 valence electrons. The van der Waals surface area contributed by atoms with Gasteiger partial charge < -0.3 is 15.5 Å². The van der Waals surface area contributed by atoms with Gasteiger partial charge in [0.05, 0.1) is 0 Å². The molecule has 2 aliphatic heterocycles. The van der Waals surface area contributed by atoms with Gasteiger partial charge in [-0.15, -0.1) is 0 Å². The maximum atomic E-state index is 11.8. The van der Waals surface area contributed by atoms with Crippen LogP contribution in [0.3, 0.4) is 0 Å². The van der Waals surface area contributed by atoms with Gasteiger partial charge in [-0.3, -0.25) is 10.9 Å². The molecule has 0 aliphatic carbocycles. The number of amides is 2. The van der Waals surface area contributed by atoms with E-state index in [4.69, 9.17) is 0 Å². The number of nitrogens with zero attached hydrogens (tertiary/aromatic N) is 2. The van der Waals surface area contributed by atoms with Crippen molar-refractivity contribution in [3.05, 3.63) is 23.9 Å². The fourth-order valence-electron chi connectivity index (χ4n) is 2.84. The molecule has 2 saturated heterocycles. The quantitative estimate of drug-likeness (QED) is 0.631. The van der Waals surface area contributed by atoms with E-state index in [2.05, 4.69) is 37.4 Å². The summed E-state index contributed by atoms with van der Waals surface area (Å²) in [5, 5.41) is 5.78. The second-order valence-corrected chi connectivity index (χ2v) is 5.84. The van der Waals surface area contributed by atoms with Crippen LogP contribution < -0.4 is 26.4 Å². The van der Waals surface area contributed by atoms with Crippen LogP contribution in [0.4, 0.5) is 10.6 Å². The van der Waals surface area contributed by atoms with Crippen molar-refractivity contribution in [2.75, 3.05) is 31.1 Å². The minimum atomic E-state index is -0.131. The summed E-state index contributed by atoms with van der Waals surface area (Å²) in [7, 11) is 0. The van der Waals surface area contributed by atoms with Crippen LogP contribution in [0.1, 0.15) is 24.8 Å². The maximum absolute atomic E-state index is 11.8. The van der Waals surface area contributed by atoms with Crippen LogP contribution in [0.15, 0.2) is 18.3 Å². The number of urea groups is 1. The molecule has 0 spiro atoms. The highest BCUT2D eigenvalue weighted by Crippen LogP contribution is 2.18. The zero-order valence-corrected chi connectivity index (χ0v) is 12.8. The number of carbonyl (C=O) groups excluding carboxylic acids is 1. The van der Waals surface area contributed by atoms with E-state index in [0.29, 0.717) is 19.1 Å². The lowest BCUT2D eigenvalue weighted by atomic mass is 10.2. The molecule has 1 atom stereocenters. The minimum absolute atomic E-state index is 0.131. The first-order valence-corrected chi connectivity index (χ1v) is 8.01. The van der Waals surface area contributed by atoms with Crippen LogP contribution in [0, 0.1) is 0 Å². The molecule has 0 saturated carbocycles. The Kier molecular flexibility index (Phi) is 5.07. The standard InChI is InChI=1S/C15H24N6O/c22-15(18-11-13-4-6-19-20-13)17-10-12-3-5-16-14(9-12)21-7-1-2-8-21/h3,5,9,13,19-20H,1-2,4,6-8,10-11H2,(H2,17,18,22). The van der Waals surface area contributed by atoms with Crippen molar-refractivity contribution in [2.45, 2.75) is 31.8 Å². The summed E-state index contributed by atoms with van der Waals surface area (Å²) in [6, 6.07) is 4.19. The fourth-order valence-corrected chi connectivity index (χ4v) is 2.84. The predicted octanol–water partition coefficient (Wildman–Crippen LogP) is 0.348. The van der Waals surface area contributed by atoms with Gasteiger partial charge >= 0.3 is 6.03 Å². The molecule has 0 aromatic carbocycles. The lowest BCUT2D eigenvalue weighted by Gasteiger charge is -2.17. The first kappa shape index (κ1) is 15.1. The average Bonchev–Trinajstić information content (AvgIpc) is 3.24. The molecule has 2 amide bonds. The van der Waals surface area contributed by atoms with E-state index in [9.17, 15) is 4.79 Å². The van der Waals surface area contributed by atoms with Crippen LogP contribution in [0.5, 0.6) is 0 Å². The molecule has 0 radical (unpaired) electrons. The number of pyridine rings is 1. The van der Waals surface area contributed by atoms with Crippen LogP contribution >= 0.6 is 0 Å². The van der Waals surface area contributed by atoms with Gasteiger partial charge in [0, 0.05) is 45.0 Å². The van der Waals surface area contributed by atoms with Gasteiger partial charge in [-0.2, -0.15) is 0 Å². The van der Waals surface area contributed by atoms with Crippen molar-refractivity contribution in [1.82, 2.24) is 26.5 Å². The average molecular weight is 304 g/mol. The molecular weight excluding hydrogens is 280 g/mol. The molecule has 4 N–H and O–H groups in total. The van der Waals surface area contributed by atoms with E-state index in [1.165, 1.54) is 12.8 Å². The number of aromatic nitrogens is 1. The van der Waals surface area contributed by atoms with Crippen LogP contribution in [0.25, 0.3) is 0 Å². The first-order chi connectivity index (χ1) is 10.8. The highest BCUT2D eigenvalue weighted by molar-refractivity contribution is 5.73. The molecule has 22 heavy (non-hydrogen) atoms. The summed E-state index contributed by atoms with van der Waals surface area (Å²) in [5.74, 6) is 1.01. The number of rotatable bonds is 5. The van der Waals surface area contributed by atoms with E-state index in [1.54, 1.807) is 0 Å². The van der Waals surface area contributed by atoms with Crippen molar-refractivity contribution in [2.24, 2.45) is 0 Å². The minimum Gasteiger partial charge on any atom is -0.357 e. The summed E-state index contributed by atoms with van der Waals surface area (Å²) < 4.78 is 0. The van der Waals surface area contributed by atoms with Gasteiger partial charge in [0.25, 0.3) is 0 Å². The van der Waals surface area contributed by atoms with Crippen molar-refractivity contribution in [3.63, 3.8) is 0 Å². The third-order valence-electron chi connectivity index (χ3n) is 4.13. The largest absolute Gasteiger partial charge is 0.357 e. The molecule has 3 rings (SSSR count). The summed E-state index contributed by atoms with van der Waals surface area (Å²) in [5.41, 5.74) is 7.25. The Morgan fingerprint density at radius 1 is 1.36 bits per heavy atom. The third-order valence-corrected chi connectivity index (χ3v) is 4.13.